The number of aldehydes is 1. The first-order valence-corrected chi connectivity index (χ1v) is 6.74. The van der Waals surface area contributed by atoms with E-state index in [1.807, 2.05) is 62.4 Å². The van der Waals surface area contributed by atoms with Gasteiger partial charge in [0.2, 0.25) is 0 Å². The molecule has 0 radical (unpaired) electrons. The first kappa shape index (κ1) is 14.3. The fourth-order valence-corrected chi connectivity index (χ4v) is 2.35. The van der Waals surface area contributed by atoms with Crippen LogP contribution in [0, 0.1) is 6.92 Å². The third-order valence-corrected chi connectivity index (χ3v) is 3.68. The summed E-state index contributed by atoms with van der Waals surface area (Å²) in [6, 6.07) is 16.0. The summed E-state index contributed by atoms with van der Waals surface area (Å²) in [5, 5.41) is 0. The van der Waals surface area contributed by atoms with Crippen LogP contribution in [0.25, 0.3) is 0 Å². The van der Waals surface area contributed by atoms with Crippen molar-refractivity contribution < 1.29 is 9.53 Å². The van der Waals surface area contributed by atoms with Crippen LogP contribution in [-0.2, 0) is 16.6 Å². The van der Waals surface area contributed by atoms with Gasteiger partial charge in [-0.25, -0.2) is 0 Å². The third kappa shape index (κ3) is 3.08. The van der Waals surface area contributed by atoms with Crippen molar-refractivity contribution in [3.63, 3.8) is 0 Å². The SMILES string of the molecule is COc1cccc(CC(C)(C=O)c2ccc(C)cc2)c1. The zero-order valence-corrected chi connectivity index (χ0v) is 12.2. The van der Waals surface area contributed by atoms with E-state index in [0.717, 1.165) is 23.2 Å². The van der Waals surface area contributed by atoms with Crippen molar-refractivity contribution in [1.82, 2.24) is 0 Å². The Hall–Kier alpha value is -2.09. The molecule has 0 aliphatic rings. The van der Waals surface area contributed by atoms with Crippen molar-refractivity contribution in [3.8, 4) is 5.75 Å². The van der Waals surface area contributed by atoms with Crippen LogP contribution in [0.4, 0.5) is 0 Å². The summed E-state index contributed by atoms with van der Waals surface area (Å²) in [6.45, 7) is 4.02. The van der Waals surface area contributed by atoms with Gasteiger partial charge in [-0.3, -0.25) is 0 Å². The number of hydrogen-bond acceptors (Lipinski definition) is 2. The molecule has 0 aliphatic heterocycles. The topological polar surface area (TPSA) is 26.3 Å². The number of rotatable bonds is 5. The molecule has 1 atom stereocenters. The van der Waals surface area contributed by atoms with Crippen molar-refractivity contribution in [2.45, 2.75) is 25.7 Å². The maximum atomic E-state index is 11.6. The molecule has 104 valence electrons. The Balaban J connectivity index is 2.31. The Bertz CT molecular complexity index is 587. The predicted octanol–water partition coefficient (Wildman–Crippen LogP) is 3.70. The molecule has 2 rings (SSSR count). The maximum absolute atomic E-state index is 11.6. The highest BCUT2D eigenvalue weighted by atomic mass is 16.5. The normalized spacial score (nSPS) is 13.6. The van der Waals surface area contributed by atoms with Crippen molar-refractivity contribution in [2.24, 2.45) is 0 Å². The average molecular weight is 268 g/mol. The van der Waals surface area contributed by atoms with Gasteiger partial charge in [-0.15, -0.1) is 0 Å². The summed E-state index contributed by atoms with van der Waals surface area (Å²) in [6.07, 6.45) is 1.70. The van der Waals surface area contributed by atoms with Crippen LogP contribution in [0.15, 0.2) is 48.5 Å². The number of carbonyl (C=O) groups excluding carboxylic acids is 1. The molecule has 1 unspecified atom stereocenters. The van der Waals surface area contributed by atoms with E-state index in [4.69, 9.17) is 4.74 Å². The molecule has 0 N–H and O–H groups in total. The van der Waals surface area contributed by atoms with Gasteiger partial charge in [0.1, 0.15) is 12.0 Å². The van der Waals surface area contributed by atoms with Crippen LogP contribution in [0.3, 0.4) is 0 Å². The lowest BCUT2D eigenvalue weighted by atomic mass is 9.78. The van der Waals surface area contributed by atoms with E-state index < -0.39 is 5.41 Å². The fraction of sp³-hybridized carbons (Fsp3) is 0.278. The second-order valence-electron chi connectivity index (χ2n) is 5.43. The molecule has 0 amide bonds. The number of hydrogen-bond donors (Lipinski definition) is 0. The van der Waals surface area contributed by atoms with Gasteiger partial charge in [0.05, 0.1) is 12.5 Å². The second-order valence-corrected chi connectivity index (χ2v) is 5.43. The Morgan fingerprint density at radius 2 is 1.85 bits per heavy atom. The summed E-state index contributed by atoms with van der Waals surface area (Å²) in [4.78, 5) is 11.6. The molecular formula is C18H20O2. The van der Waals surface area contributed by atoms with E-state index in [-0.39, 0.29) is 0 Å². The highest BCUT2D eigenvalue weighted by Gasteiger charge is 2.26. The van der Waals surface area contributed by atoms with Crippen LogP contribution >= 0.6 is 0 Å². The van der Waals surface area contributed by atoms with Crippen LogP contribution in [-0.4, -0.2) is 13.4 Å². The molecule has 0 heterocycles. The van der Waals surface area contributed by atoms with E-state index in [2.05, 4.69) is 0 Å². The van der Waals surface area contributed by atoms with Crippen molar-refractivity contribution in [3.05, 3.63) is 65.2 Å². The predicted molar refractivity (Wildman–Crippen MR) is 81.3 cm³/mol. The third-order valence-electron chi connectivity index (χ3n) is 3.68. The number of carbonyl (C=O) groups is 1. The minimum atomic E-state index is -0.514. The first-order valence-electron chi connectivity index (χ1n) is 6.74. The molecule has 20 heavy (non-hydrogen) atoms. The lowest BCUT2D eigenvalue weighted by Gasteiger charge is -2.24. The van der Waals surface area contributed by atoms with E-state index in [0.29, 0.717) is 6.42 Å². The van der Waals surface area contributed by atoms with Crippen LogP contribution < -0.4 is 4.74 Å². The zero-order chi connectivity index (χ0) is 14.6. The summed E-state index contributed by atoms with van der Waals surface area (Å²) >= 11 is 0. The monoisotopic (exact) mass is 268 g/mol. The number of methoxy groups -OCH3 is 1. The molecule has 2 aromatic rings. The Labute approximate surface area is 120 Å². The molecule has 0 fully saturated rings. The molecule has 0 saturated carbocycles. The molecule has 0 bridgehead atoms. The Morgan fingerprint density at radius 3 is 2.45 bits per heavy atom. The lowest BCUT2D eigenvalue weighted by Crippen LogP contribution is -2.26. The average Bonchev–Trinajstić information content (AvgIpc) is 2.48. The smallest absolute Gasteiger partial charge is 0.130 e. The molecule has 2 aromatic carbocycles. The van der Waals surface area contributed by atoms with Gasteiger partial charge in [0.25, 0.3) is 0 Å². The number of aryl methyl sites for hydroxylation is 1. The van der Waals surface area contributed by atoms with Crippen molar-refractivity contribution in [2.75, 3.05) is 7.11 Å². The van der Waals surface area contributed by atoms with Gasteiger partial charge in [0, 0.05) is 0 Å². The number of ether oxygens (including phenoxy) is 1. The number of benzene rings is 2. The lowest BCUT2D eigenvalue weighted by molar-refractivity contribution is -0.112. The Kier molecular flexibility index (Phi) is 4.23. The first-order chi connectivity index (χ1) is 9.57. The van der Waals surface area contributed by atoms with E-state index in [1.165, 1.54) is 5.56 Å². The molecule has 2 nitrogen and oxygen atoms in total. The highest BCUT2D eigenvalue weighted by Crippen LogP contribution is 2.27. The van der Waals surface area contributed by atoms with E-state index in [1.54, 1.807) is 7.11 Å². The van der Waals surface area contributed by atoms with Gasteiger partial charge < -0.3 is 9.53 Å². The zero-order valence-electron chi connectivity index (χ0n) is 12.2. The molecule has 2 heteroatoms. The van der Waals surface area contributed by atoms with Gasteiger partial charge in [-0.2, -0.15) is 0 Å². The largest absolute Gasteiger partial charge is 0.497 e. The molecule has 0 spiro atoms. The summed E-state index contributed by atoms with van der Waals surface area (Å²) in [5.74, 6) is 0.819. The highest BCUT2D eigenvalue weighted by molar-refractivity contribution is 5.68. The van der Waals surface area contributed by atoms with Crippen LogP contribution in [0.1, 0.15) is 23.6 Å². The van der Waals surface area contributed by atoms with Gasteiger partial charge in [-0.05, 0) is 43.5 Å². The van der Waals surface area contributed by atoms with E-state index in [9.17, 15) is 4.79 Å². The minimum Gasteiger partial charge on any atom is -0.497 e. The quantitative estimate of drug-likeness (QED) is 0.773. The standard InChI is InChI=1S/C18H20O2/c1-14-7-9-16(10-8-14)18(2,13-19)12-15-5-4-6-17(11-15)20-3/h4-11,13H,12H2,1-3H3. The van der Waals surface area contributed by atoms with Crippen LogP contribution in [0.5, 0.6) is 5.75 Å². The summed E-state index contributed by atoms with van der Waals surface area (Å²) in [5.41, 5.74) is 2.82. The second kappa shape index (κ2) is 5.91. The van der Waals surface area contributed by atoms with Crippen LogP contribution in [0.2, 0.25) is 0 Å². The minimum absolute atomic E-state index is 0.514. The molecular weight excluding hydrogens is 248 g/mol. The van der Waals surface area contributed by atoms with E-state index >= 15 is 0 Å². The van der Waals surface area contributed by atoms with Crippen molar-refractivity contribution >= 4 is 6.29 Å². The molecule has 0 aromatic heterocycles. The maximum Gasteiger partial charge on any atom is 0.130 e. The van der Waals surface area contributed by atoms with Gasteiger partial charge >= 0.3 is 0 Å². The fourth-order valence-electron chi connectivity index (χ4n) is 2.35. The molecule has 0 saturated heterocycles. The summed E-state index contributed by atoms with van der Waals surface area (Å²) < 4.78 is 5.24. The Morgan fingerprint density at radius 1 is 1.15 bits per heavy atom. The molecule has 0 aliphatic carbocycles. The van der Waals surface area contributed by atoms with Gasteiger partial charge in [0.15, 0.2) is 0 Å². The van der Waals surface area contributed by atoms with Gasteiger partial charge in [-0.1, -0.05) is 42.0 Å². The van der Waals surface area contributed by atoms with Crippen molar-refractivity contribution in [1.29, 1.82) is 0 Å². The summed E-state index contributed by atoms with van der Waals surface area (Å²) in [7, 11) is 1.65.